The second kappa shape index (κ2) is 6.11. The molecule has 0 radical (unpaired) electrons. The van der Waals surface area contributed by atoms with Gasteiger partial charge in [-0.05, 0) is 18.2 Å². The number of hydrogen-bond acceptors (Lipinski definition) is 4. The molecule has 0 saturated carbocycles. The molecular formula is C15H17NO3. The summed E-state index contributed by atoms with van der Waals surface area (Å²) in [7, 11) is 1.56. The number of phenolic OH excluding ortho intramolecular Hbond substituents is 1. The SMILES string of the molecule is COc1ccc(CNc2ccccc2CO)c(O)c1. The van der Waals surface area contributed by atoms with Gasteiger partial charge in [0.2, 0.25) is 0 Å². The molecule has 2 aromatic rings. The summed E-state index contributed by atoms with van der Waals surface area (Å²) < 4.78 is 5.04. The highest BCUT2D eigenvalue weighted by molar-refractivity contribution is 5.52. The summed E-state index contributed by atoms with van der Waals surface area (Å²) in [6.07, 6.45) is 0. The molecular weight excluding hydrogens is 242 g/mol. The molecule has 0 amide bonds. The molecule has 0 aliphatic rings. The van der Waals surface area contributed by atoms with Crippen LogP contribution in [0.25, 0.3) is 0 Å². The van der Waals surface area contributed by atoms with Gasteiger partial charge in [0, 0.05) is 29.4 Å². The lowest BCUT2D eigenvalue weighted by Gasteiger charge is -2.12. The van der Waals surface area contributed by atoms with Gasteiger partial charge >= 0.3 is 0 Å². The average Bonchev–Trinajstić information content (AvgIpc) is 2.46. The Bertz CT molecular complexity index is 555. The topological polar surface area (TPSA) is 61.7 Å². The van der Waals surface area contributed by atoms with Crippen LogP contribution in [0, 0.1) is 0 Å². The van der Waals surface area contributed by atoms with Crippen molar-refractivity contribution in [3.8, 4) is 11.5 Å². The van der Waals surface area contributed by atoms with Gasteiger partial charge < -0.3 is 20.3 Å². The minimum absolute atomic E-state index is 0.0161. The molecule has 4 heteroatoms. The highest BCUT2D eigenvalue weighted by atomic mass is 16.5. The van der Waals surface area contributed by atoms with Crippen LogP contribution >= 0.6 is 0 Å². The first kappa shape index (κ1) is 13.2. The Kier molecular flexibility index (Phi) is 4.26. The van der Waals surface area contributed by atoms with Crippen LogP contribution in [-0.2, 0) is 13.2 Å². The van der Waals surface area contributed by atoms with Crippen LogP contribution in [0.5, 0.6) is 11.5 Å². The zero-order valence-corrected chi connectivity index (χ0v) is 10.8. The van der Waals surface area contributed by atoms with Crippen molar-refractivity contribution in [2.24, 2.45) is 0 Å². The monoisotopic (exact) mass is 259 g/mol. The molecule has 3 N–H and O–H groups in total. The number of aliphatic hydroxyl groups excluding tert-OH is 1. The maximum Gasteiger partial charge on any atom is 0.124 e. The van der Waals surface area contributed by atoms with E-state index in [2.05, 4.69) is 5.32 Å². The number of aromatic hydroxyl groups is 1. The van der Waals surface area contributed by atoms with E-state index in [0.717, 1.165) is 16.8 Å². The lowest BCUT2D eigenvalue weighted by Crippen LogP contribution is -2.02. The third-order valence-corrected chi connectivity index (χ3v) is 2.95. The summed E-state index contributed by atoms with van der Waals surface area (Å²) in [6.45, 7) is 0.463. The Morgan fingerprint density at radius 3 is 2.58 bits per heavy atom. The largest absolute Gasteiger partial charge is 0.507 e. The number of para-hydroxylation sites is 1. The number of nitrogens with one attached hydrogen (secondary N) is 1. The molecule has 2 aromatic carbocycles. The molecule has 0 aromatic heterocycles. The molecule has 0 unspecified atom stereocenters. The van der Waals surface area contributed by atoms with E-state index in [-0.39, 0.29) is 12.4 Å². The highest BCUT2D eigenvalue weighted by Crippen LogP contribution is 2.24. The number of rotatable bonds is 5. The first-order valence-electron chi connectivity index (χ1n) is 6.03. The predicted octanol–water partition coefficient (Wildman–Crippen LogP) is 2.51. The fourth-order valence-corrected chi connectivity index (χ4v) is 1.84. The summed E-state index contributed by atoms with van der Waals surface area (Å²) in [5.74, 6) is 0.810. The van der Waals surface area contributed by atoms with Gasteiger partial charge in [-0.15, -0.1) is 0 Å². The van der Waals surface area contributed by atoms with Gasteiger partial charge in [0.25, 0.3) is 0 Å². The Balaban J connectivity index is 2.10. The quantitative estimate of drug-likeness (QED) is 0.772. The third-order valence-electron chi connectivity index (χ3n) is 2.95. The zero-order chi connectivity index (χ0) is 13.7. The van der Waals surface area contributed by atoms with E-state index in [4.69, 9.17) is 4.74 Å². The Hall–Kier alpha value is -2.20. The van der Waals surface area contributed by atoms with Crippen LogP contribution < -0.4 is 10.1 Å². The van der Waals surface area contributed by atoms with Crippen molar-refractivity contribution in [2.45, 2.75) is 13.2 Å². The number of phenols is 1. The van der Waals surface area contributed by atoms with Crippen LogP contribution in [0.15, 0.2) is 42.5 Å². The van der Waals surface area contributed by atoms with Crippen LogP contribution in [0.1, 0.15) is 11.1 Å². The van der Waals surface area contributed by atoms with Gasteiger partial charge in [-0.25, -0.2) is 0 Å². The first-order chi connectivity index (χ1) is 9.24. The summed E-state index contributed by atoms with van der Waals surface area (Å²) in [4.78, 5) is 0. The number of ether oxygens (including phenoxy) is 1. The number of anilines is 1. The van der Waals surface area contributed by atoms with E-state index in [1.807, 2.05) is 30.3 Å². The van der Waals surface area contributed by atoms with Gasteiger partial charge in [0.1, 0.15) is 11.5 Å². The summed E-state index contributed by atoms with van der Waals surface area (Å²) >= 11 is 0. The Labute approximate surface area is 112 Å². The molecule has 0 bridgehead atoms. The molecule has 0 aliphatic heterocycles. The fraction of sp³-hybridized carbons (Fsp3) is 0.200. The molecule has 0 atom stereocenters. The molecule has 0 heterocycles. The number of aliphatic hydroxyl groups is 1. The second-order valence-corrected chi connectivity index (χ2v) is 4.16. The van der Waals surface area contributed by atoms with E-state index in [9.17, 15) is 10.2 Å². The van der Waals surface area contributed by atoms with Crippen molar-refractivity contribution >= 4 is 5.69 Å². The zero-order valence-electron chi connectivity index (χ0n) is 10.8. The lowest BCUT2D eigenvalue weighted by molar-refractivity contribution is 0.282. The highest BCUT2D eigenvalue weighted by Gasteiger charge is 2.04. The Morgan fingerprint density at radius 1 is 1.11 bits per heavy atom. The Morgan fingerprint density at radius 2 is 1.89 bits per heavy atom. The normalized spacial score (nSPS) is 10.2. The molecule has 0 aliphatic carbocycles. The van der Waals surface area contributed by atoms with Crippen molar-refractivity contribution in [3.05, 3.63) is 53.6 Å². The number of hydrogen-bond donors (Lipinski definition) is 3. The van der Waals surface area contributed by atoms with E-state index < -0.39 is 0 Å². The standard InChI is InChI=1S/C15H17NO3/c1-19-13-7-6-11(15(18)8-13)9-16-14-5-3-2-4-12(14)10-17/h2-8,16-18H,9-10H2,1H3. The molecule has 0 saturated heterocycles. The van der Waals surface area contributed by atoms with Crippen molar-refractivity contribution in [1.29, 1.82) is 0 Å². The van der Waals surface area contributed by atoms with Gasteiger partial charge in [0.05, 0.1) is 13.7 Å². The molecule has 4 nitrogen and oxygen atoms in total. The maximum atomic E-state index is 9.86. The van der Waals surface area contributed by atoms with Crippen molar-refractivity contribution in [1.82, 2.24) is 0 Å². The van der Waals surface area contributed by atoms with Crippen LogP contribution in [0.2, 0.25) is 0 Å². The predicted molar refractivity (Wildman–Crippen MR) is 74.4 cm³/mol. The van der Waals surface area contributed by atoms with Crippen molar-refractivity contribution in [3.63, 3.8) is 0 Å². The lowest BCUT2D eigenvalue weighted by atomic mass is 10.1. The summed E-state index contributed by atoms with van der Waals surface area (Å²) in [6, 6.07) is 12.7. The van der Waals surface area contributed by atoms with E-state index in [1.54, 1.807) is 19.2 Å². The maximum absolute atomic E-state index is 9.86. The smallest absolute Gasteiger partial charge is 0.124 e. The van der Waals surface area contributed by atoms with Gasteiger partial charge in [-0.2, -0.15) is 0 Å². The van der Waals surface area contributed by atoms with Crippen LogP contribution in [0.3, 0.4) is 0 Å². The molecule has 2 rings (SSSR count). The molecule has 0 fully saturated rings. The molecule has 19 heavy (non-hydrogen) atoms. The third kappa shape index (κ3) is 3.17. The fourth-order valence-electron chi connectivity index (χ4n) is 1.84. The van der Waals surface area contributed by atoms with Gasteiger partial charge in [-0.3, -0.25) is 0 Å². The van der Waals surface area contributed by atoms with E-state index in [1.165, 1.54) is 0 Å². The first-order valence-corrected chi connectivity index (χ1v) is 6.03. The average molecular weight is 259 g/mol. The van der Waals surface area contributed by atoms with Crippen LogP contribution in [-0.4, -0.2) is 17.3 Å². The number of benzene rings is 2. The van der Waals surface area contributed by atoms with Gasteiger partial charge in [-0.1, -0.05) is 18.2 Å². The van der Waals surface area contributed by atoms with Crippen molar-refractivity contribution < 1.29 is 14.9 Å². The van der Waals surface area contributed by atoms with Gasteiger partial charge in [0.15, 0.2) is 0 Å². The second-order valence-electron chi connectivity index (χ2n) is 4.16. The molecule has 0 spiro atoms. The minimum Gasteiger partial charge on any atom is -0.507 e. The minimum atomic E-state index is -0.0161. The summed E-state index contributed by atoms with van der Waals surface area (Å²) in [5, 5.41) is 22.3. The van der Waals surface area contributed by atoms with Crippen LogP contribution in [0.4, 0.5) is 5.69 Å². The van der Waals surface area contributed by atoms with E-state index in [0.29, 0.717) is 12.3 Å². The van der Waals surface area contributed by atoms with E-state index >= 15 is 0 Å². The molecule has 100 valence electrons. The van der Waals surface area contributed by atoms with Crippen molar-refractivity contribution in [2.75, 3.05) is 12.4 Å². The number of methoxy groups -OCH3 is 1. The summed E-state index contributed by atoms with van der Waals surface area (Å²) in [5.41, 5.74) is 2.46.